The van der Waals surface area contributed by atoms with Crippen molar-refractivity contribution >= 4 is 8.32 Å². The van der Waals surface area contributed by atoms with Crippen LogP contribution in [0.1, 0.15) is 13.8 Å². The SMILES string of the molecule is CC(C)OCCOCCOCCOCCOCCOCCOCCOCCOCCOCCOCCO[Si](C)(C)C. The third-order valence-corrected chi connectivity index (χ3v) is 5.86. The monoisotopic (exact) mass is 616 g/mol. The van der Waals surface area contributed by atoms with Crippen LogP contribution in [-0.2, 0) is 56.5 Å². The Morgan fingerprint density at radius 1 is 0.317 bits per heavy atom. The van der Waals surface area contributed by atoms with E-state index in [1.54, 1.807) is 0 Å². The highest BCUT2D eigenvalue weighted by Gasteiger charge is 2.13. The highest BCUT2D eigenvalue weighted by Crippen LogP contribution is 2.01. The lowest BCUT2D eigenvalue weighted by Crippen LogP contribution is -2.27. The molecule has 0 aliphatic carbocycles. The molecule has 13 heteroatoms. The van der Waals surface area contributed by atoms with Gasteiger partial charge in [0.05, 0.1) is 151 Å². The summed E-state index contributed by atoms with van der Waals surface area (Å²) in [7, 11) is -1.45. The van der Waals surface area contributed by atoms with Crippen LogP contribution >= 0.6 is 0 Å². The molecule has 0 bridgehead atoms. The first-order valence-corrected chi connectivity index (χ1v) is 18.4. The summed E-state index contributed by atoms with van der Waals surface area (Å²) in [4.78, 5) is 0. The molecule has 0 aliphatic heterocycles. The highest BCUT2D eigenvalue weighted by atomic mass is 28.4. The summed E-state index contributed by atoms with van der Waals surface area (Å²) in [5.41, 5.74) is 0. The summed E-state index contributed by atoms with van der Waals surface area (Å²) in [5.74, 6) is 0. The molecule has 0 N–H and O–H groups in total. The zero-order valence-electron chi connectivity index (χ0n) is 26.5. The van der Waals surface area contributed by atoms with Gasteiger partial charge in [0.15, 0.2) is 8.32 Å². The van der Waals surface area contributed by atoms with Crippen LogP contribution in [0.25, 0.3) is 0 Å². The normalized spacial score (nSPS) is 12.1. The van der Waals surface area contributed by atoms with Gasteiger partial charge in [-0.25, -0.2) is 0 Å². The molecular formula is C28H60O12Si. The molecule has 0 aromatic rings. The van der Waals surface area contributed by atoms with Crippen molar-refractivity contribution in [1.29, 1.82) is 0 Å². The molecule has 0 spiro atoms. The van der Waals surface area contributed by atoms with Crippen LogP contribution in [0.15, 0.2) is 0 Å². The van der Waals surface area contributed by atoms with Crippen molar-refractivity contribution in [2.24, 2.45) is 0 Å². The van der Waals surface area contributed by atoms with Crippen molar-refractivity contribution < 1.29 is 56.5 Å². The average molecular weight is 617 g/mol. The van der Waals surface area contributed by atoms with E-state index in [0.29, 0.717) is 145 Å². The molecule has 0 aromatic carbocycles. The maximum atomic E-state index is 5.71. The molecule has 248 valence electrons. The lowest BCUT2D eigenvalue weighted by atomic mass is 10.5. The zero-order valence-corrected chi connectivity index (χ0v) is 27.5. The summed E-state index contributed by atoms with van der Waals surface area (Å²) in [6.45, 7) is 22.6. The van der Waals surface area contributed by atoms with Gasteiger partial charge in [-0.05, 0) is 33.5 Å². The molecule has 0 saturated heterocycles. The van der Waals surface area contributed by atoms with Gasteiger partial charge in [0, 0.05) is 0 Å². The van der Waals surface area contributed by atoms with E-state index in [1.807, 2.05) is 13.8 Å². The van der Waals surface area contributed by atoms with Crippen molar-refractivity contribution in [3.05, 3.63) is 0 Å². The minimum Gasteiger partial charge on any atom is -0.415 e. The first-order valence-electron chi connectivity index (χ1n) is 14.9. The van der Waals surface area contributed by atoms with Gasteiger partial charge in [-0.1, -0.05) is 0 Å². The second-order valence-electron chi connectivity index (χ2n) is 10.0. The molecule has 0 rings (SSSR count). The maximum Gasteiger partial charge on any atom is 0.183 e. The fourth-order valence-electron chi connectivity index (χ4n) is 2.83. The Bertz CT molecular complexity index is 497. The fraction of sp³-hybridized carbons (Fsp3) is 1.00. The van der Waals surface area contributed by atoms with Crippen molar-refractivity contribution in [3.8, 4) is 0 Å². The Balaban J connectivity index is 3.05. The van der Waals surface area contributed by atoms with Crippen LogP contribution in [0.3, 0.4) is 0 Å². The molecule has 0 fully saturated rings. The summed E-state index contributed by atoms with van der Waals surface area (Å²) < 4.78 is 65.7. The van der Waals surface area contributed by atoms with Gasteiger partial charge >= 0.3 is 0 Å². The third kappa shape index (κ3) is 39.7. The largest absolute Gasteiger partial charge is 0.415 e. The molecule has 12 nitrogen and oxygen atoms in total. The fourth-order valence-corrected chi connectivity index (χ4v) is 3.53. The minimum absolute atomic E-state index is 0.234. The molecule has 0 atom stereocenters. The second-order valence-corrected chi connectivity index (χ2v) is 14.5. The topological polar surface area (TPSA) is 111 Å². The molecule has 41 heavy (non-hydrogen) atoms. The van der Waals surface area contributed by atoms with Crippen LogP contribution in [0.2, 0.25) is 19.6 Å². The second kappa shape index (κ2) is 32.6. The quantitative estimate of drug-likeness (QED) is 0.0770. The van der Waals surface area contributed by atoms with Gasteiger partial charge in [-0.2, -0.15) is 0 Å². The summed E-state index contributed by atoms with van der Waals surface area (Å²) in [5, 5.41) is 0. The molecular weight excluding hydrogens is 556 g/mol. The predicted octanol–water partition coefficient (Wildman–Crippen LogP) is 2.43. The average Bonchev–Trinajstić information content (AvgIpc) is 2.92. The van der Waals surface area contributed by atoms with Crippen molar-refractivity contribution in [2.75, 3.05) is 145 Å². The minimum atomic E-state index is -1.45. The first kappa shape index (κ1) is 40.7. The highest BCUT2D eigenvalue weighted by molar-refractivity contribution is 6.69. The number of ether oxygens (including phenoxy) is 11. The Morgan fingerprint density at radius 3 is 0.707 bits per heavy atom. The van der Waals surface area contributed by atoms with Gasteiger partial charge in [0.1, 0.15) is 0 Å². The molecule has 0 radical (unpaired) electrons. The van der Waals surface area contributed by atoms with Crippen molar-refractivity contribution in [1.82, 2.24) is 0 Å². The van der Waals surface area contributed by atoms with Crippen LogP contribution in [0.4, 0.5) is 0 Å². The molecule has 0 amide bonds. The van der Waals surface area contributed by atoms with Gasteiger partial charge < -0.3 is 56.5 Å². The van der Waals surface area contributed by atoms with Crippen molar-refractivity contribution in [3.63, 3.8) is 0 Å². The van der Waals surface area contributed by atoms with E-state index in [0.717, 1.165) is 0 Å². The standard InChI is InChI=1S/C28H60O12Si/c1-28(2)39-26-24-37-22-20-35-18-16-33-14-12-31-10-8-29-6-7-30-9-11-32-13-15-34-17-19-36-21-23-38-25-27-40-41(3,4)5/h28H,6-27H2,1-5H3. The predicted molar refractivity (Wildman–Crippen MR) is 159 cm³/mol. The number of hydrogen-bond donors (Lipinski definition) is 0. The lowest BCUT2D eigenvalue weighted by molar-refractivity contribution is -0.0288. The third-order valence-electron chi connectivity index (χ3n) is 4.79. The first-order chi connectivity index (χ1) is 19.9. The van der Waals surface area contributed by atoms with Gasteiger partial charge in [-0.3, -0.25) is 0 Å². The summed E-state index contributed by atoms with van der Waals surface area (Å²) in [6.07, 6.45) is 0.234. The van der Waals surface area contributed by atoms with E-state index < -0.39 is 8.32 Å². The molecule has 0 aliphatic rings. The smallest absolute Gasteiger partial charge is 0.183 e. The van der Waals surface area contributed by atoms with Crippen LogP contribution < -0.4 is 0 Å². The Hall–Kier alpha value is -0.263. The zero-order chi connectivity index (χ0) is 30.1. The van der Waals surface area contributed by atoms with Crippen LogP contribution in [0.5, 0.6) is 0 Å². The van der Waals surface area contributed by atoms with Gasteiger partial charge in [0.2, 0.25) is 0 Å². The maximum absolute atomic E-state index is 5.71. The lowest BCUT2D eigenvalue weighted by Gasteiger charge is -2.16. The summed E-state index contributed by atoms with van der Waals surface area (Å²) >= 11 is 0. The number of hydrogen-bond acceptors (Lipinski definition) is 12. The van der Waals surface area contributed by atoms with E-state index >= 15 is 0 Å². The Labute approximate surface area is 249 Å². The van der Waals surface area contributed by atoms with E-state index in [2.05, 4.69) is 19.6 Å². The molecule has 0 unspecified atom stereocenters. The van der Waals surface area contributed by atoms with Crippen LogP contribution in [-0.4, -0.2) is 160 Å². The van der Waals surface area contributed by atoms with E-state index in [4.69, 9.17) is 56.5 Å². The Morgan fingerprint density at radius 2 is 0.512 bits per heavy atom. The number of rotatable bonds is 35. The van der Waals surface area contributed by atoms with Gasteiger partial charge in [0.25, 0.3) is 0 Å². The molecule has 0 heterocycles. The van der Waals surface area contributed by atoms with E-state index in [1.165, 1.54) is 0 Å². The molecule has 0 saturated carbocycles. The van der Waals surface area contributed by atoms with Crippen LogP contribution in [0, 0.1) is 0 Å². The van der Waals surface area contributed by atoms with E-state index in [9.17, 15) is 0 Å². The van der Waals surface area contributed by atoms with Crippen molar-refractivity contribution in [2.45, 2.75) is 39.6 Å². The Kier molecular flexibility index (Phi) is 32.4. The van der Waals surface area contributed by atoms with E-state index in [-0.39, 0.29) is 6.10 Å². The van der Waals surface area contributed by atoms with Gasteiger partial charge in [-0.15, -0.1) is 0 Å². The summed E-state index contributed by atoms with van der Waals surface area (Å²) in [6, 6.07) is 0. The molecule has 0 aromatic heterocycles.